The van der Waals surface area contributed by atoms with Gasteiger partial charge in [0, 0.05) is 38.0 Å². The van der Waals surface area contributed by atoms with E-state index in [1.165, 1.54) is 12.1 Å². The molecule has 0 radical (unpaired) electrons. The molecule has 1 amide bonds. The Hall–Kier alpha value is -2.35. The van der Waals surface area contributed by atoms with Crippen LogP contribution in [0.15, 0.2) is 24.3 Å². The van der Waals surface area contributed by atoms with Gasteiger partial charge < -0.3 is 39.2 Å². The molecule has 12 heteroatoms. The van der Waals surface area contributed by atoms with E-state index < -0.39 is 30.0 Å². The summed E-state index contributed by atoms with van der Waals surface area (Å²) in [6.45, 7) is 11.3. The predicted molar refractivity (Wildman–Crippen MR) is 195 cm³/mol. The number of esters is 1. The van der Waals surface area contributed by atoms with E-state index in [1.807, 2.05) is 0 Å². The molecule has 296 valence electrons. The number of hydrogen-bond acceptors (Lipinski definition) is 10. The third-order valence-electron chi connectivity index (χ3n) is 10.8. The van der Waals surface area contributed by atoms with Crippen molar-refractivity contribution in [2.45, 2.75) is 154 Å². The van der Waals surface area contributed by atoms with E-state index in [2.05, 4.69) is 24.5 Å². The lowest BCUT2D eigenvalue weighted by molar-refractivity contribution is -0.193. The largest absolute Gasteiger partial charge is 0.464 e. The van der Waals surface area contributed by atoms with Crippen LogP contribution in [-0.2, 0) is 28.5 Å². The molecule has 3 aliphatic rings. The average molecular weight is 737 g/mol. The van der Waals surface area contributed by atoms with Crippen LogP contribution < -0.4 is 10.6 Å². The fraction of sp³-hybridized carbons (Fsp3) is 0.800. The first-order chi connectivity index (χ1) is 24.9. The summed E-state index contributed by atoms with van der Waals surface area (Å²) >= 11 is 0. The molecule has 10 unspecified atom stereocenters. The van der Waals surface area contributed by atoms with Gasteiger partial charge in [-0.05, 0) is 95.2 Å². The van der Waals surface area contributed by atoms with E-state index in [4.69, 9.17) is 23.7 Å². The van der Waals surface area contributed by atoms with Crippen molar-refractivity contribution in [2.24, 2.45) is 17.8 Å². The van der Waals surface area contributed by atoms with Gasteiger partial charge in [0.2, 0.25) is 0 Å². The van der Waals surface area contributed by atoms with Crippen molar-refractivity contribution >= 4 is 12.1 Å². The molecule has 1 aromatic rings. The zero-order valence-corrected chi connectivity index (χ0v) is 32.0. The Morgan fingerprint density at radius 3 is 2.38 bits per heavy atom. The highest BCUT2D eigenvalue weighted by atomic mass is 19.1. The smallest absolute Gasteiger partial charge is 0.407 e. The van der Waals surface area contributed by atoms with E-state index in [0.717, 1.165) is 63.4 Å². The Morgan fingerprint density at radius 2 is 1.69 bits per heavy atom. The second kappa shape index (κ2) is 20.9. The molecular formula is C40H65FN2O9. The SMILES string of the molecule is CCCC1C(OCCCOC2CC(O)C(c3ccc(F)cc3)CC2CC)CCC2CCC(C(O)NCCC(=O)OCCNC(=O)OC(C)(C)C)OC21. The number of ether oxygens (including phenoxy) is 5. The third-order valence-corrected chi connectivity index (χ3v) is 10.8. The normalized spacial score (nSPS) is 29.9. The van der Waals surface area contributed by atoms with Crippen LogP contribution in [0.3, 0.4) is 0 Å². The van der Waals surface area contributed by atoms with Crippen molar-refractivity contribution in [2.75, 3.05) is 32.9 Å². The van der Waals surface area contributed by atoms with Gasteiger partial charge in [0.1, 0.15) is 24.3 Å². The maximum Gasteiger partial charge on any atom is 0.407 e. The molecule has 2 aliphatic carbocycles. The van der Waals surface area contributed by atoms with Gasteiger partial charge in [0.15, 0.2) is 0 Å². The highest BCUT2D eigenvalue weighted by molar-refractivity contribution is 5.70. The second-order valence-electron chi connectivity index (χ2n) is 15.8. The van der Waals surface area contributed by atoms with Crippen LogP contribution in [0, 0.1) is 23.6 Å². The van der Waals surface area contributed by atoms with Crippen molar-refractivity contribution in [3.8, 4) is 0 Å². The molecule has 11 nitrogen and oxygen atoms in total. The first-order valence-electron chi connectivity index (χ1n) is 19.7. The number of halogens is 1. The van der Waals surface area contributed by atoms with Crippen molar-refractivity contribution in [1.82, 2.24) is 10.6 Å². The number of amides is 1. The fourth-order valence-corrected chi connectivity index (χ4v) is 8.23. The number of carbonyl (C=O) groups is 2. The summed E-state index contributed by atoms with van der Waals surface area (Å²) < 4.78 is 43.2. The summed E-state index contributed by atoms with van der Waals surface area (Å²) in [5.41, 5.74) is 0.382. The lowest BCUT2D eigenvalue weighted by atomic mass is 9.71. The Kier molecular flexibility index (Phi) is 17.1. The van der Waals surface area contributed by atoms with Crippen LogP contribution >= 0.6 is 0 Å². The Balaban J connectivity index is 1.15. The van der Waals surface area contributed by atoms with Gasteiger partial charge in [-0.2, -0.15) is 0 Å². The van der Waals surface area contributed by atoms with Gasteiger partial charge >= 0.3 is 12.1 Å². The molecule has 0 aromatic heterocycles. The number of aliphatic hydroxyl groups excluding tert-OH is 2. The summed E-state index contributed by atoms with van der Waals surface area (Å²) in [6.07, 6.45) is 6.69. The van der Waals surface area contributed by atoms with E-state index in [9.17, 15) is 24.2 Å². The standard InChI is InChI=1S/C40H65FN2O9/c1-6-9-30-33(48-21-8-22-49-35-25-32(44)31(24-26(35)7-2)27-10-14-29(41)15-11-27)16-12-28-13-17-34(51-37(28)30)38(46)42-19-18-36(45)50-23-20-43-39(47)52-40(3,4)5/h10-11,14-15,26,28,30-35,37-38,42,44,46H,6-9,12-13,16-25H2,1-5H3,(H,43,47). The molecule has 52 heavy (non-hydrogen) atoms. The molecule has 10 atom stereocenters. The highest BCUT2D eigenvalue weighted by Crippen LogP contribution is 2.43. The van der Waals surface area contributed by atoms with E-state index >= 15 is 0 Å². The molecule has 1 saturated heterocycles. The van der Waals surface area contributed by atoms with Gasteiger partial charge in [-0.15, -0.1) is 0 Å². The number of aliphatic hydroxyl groups is 2. The van der Waals surface area contributed by atoms with Gasteiger partial charge in [-0.1, -0.05) is 38.8 Å². The van der Waals surface area contributed by atoms with Crippen LogP contribution in [0.5, 0.6) is 0 Å². The van der Waals surface area contributed by atoms with Crippen molar-refractivity contribution in [3.05, 3.63) is 35.6 Å². The predicted octanol–water partition coefficient (Wildman–Crippen LogP) is 5.99. The van der Waals surface area contributed by atoms with Crippen LogP contribution in [0.2, 0.25) is 0 Å². The number of benzene rings is 1. The molecule has 3 fully saturated rings. The lowest BCUT2D eigenvalue weighted by Crippen LogP contribution is -2.53. The van der Waals surface area contributed by atoms with Gasteiger partial charge in [-0.3, -0.25) is 10.1 Å². The van der Waals surface area contributed by atoms with Crippen molar-refractivity contribution in [1.29, 1.82) is 0 Å². The number of carbonyl (C=O) groups excluding carboxylic acids is 2. The summed E-state index contributed by atoms with van der Waals surface area (Å²) in [7, 11) is 0. The molecule has 1 aliphatic heterocycles. The fourth-order valence-electron chi connectivity index (χ4n) is 8.23. The van der Waals surface area contributed by atoms with Crippen molar-refractivity contribution < 1.29 is 47.9 Å². The molecular weight excluding hydrogens is 671 g/mol. The number of fused-ring (bicyclic) bond motifs is 1. The highest BCUT2D eigenvalue weighted by Gasteiger charge is 2.45. The van der Waals surface area contributed by atoms with Crippen molar-refractivity contribution in [3.63, 3.8) is 0 Å². The molecule has 0 spiro atoms. The quantitative estimate of drug-likeness (QED) is 0.0806. The Bertz CT molecular complexity index is 1210. The zero-order chi connectivity index (χ0) is 37.7. The minimum Gasteiger partial charge on any atom is -0.464 e. The first-order valence-corrected chi connectivity index (χ1v) is 19.7. The van der Waals surface area contributed by atoms with Gasteiger partial charge in [0.05, 0.1) is 43.5 Å². The third kappa shape index (κ3) is 13.2. The summed E-state index contributed by atoms with van der Waals surface area (Å²) in [5, 5.41) is 27.5. The summed E-state index contributed by atoms with van der Waals surface area (Å²) in [4.78, 5) is 23.9. The van der Waals surface area contributed by atoms with E-state index in [-0.39, 0.29) is 68.2 Å². The van der Waals surface area contributed by atoms with E-state index in [0.29, 0.717) is 31.5 Å². The number of hydrogen-bond donors (Lipinski definition) is 4. The summed E-state index contributed by atoms with van der Waals surface area (Å²) in [6, 6.07) is 6.50. The average Bonchev–Trinajstić information content (AvgIpc) is 3.10. The minimum absolute atomic E-state index is 0.00537. The van der Waals surface area contributed by atoms with Gasteiger partial charge in [0.25, 0.3) is 0 Å². The molecule has 4 rings (SSSR count). The zero-order valence-electron chi connectivity index (χ0n) is 32.0. The maximum atomic E-state index is 13.5. The summed E-state index contributed by atoms with van der Waals surface area (Å²) in [5.74, 6) is 0.320. The van der Waals surface area contributed by atoms with Crippen LogP contribution in [0.1, 0.15) is 117 Å². The molecule has 2 saturated carbocycles. The topological polar surface area (TPSA) is 145 Å². The van der Waals surface area contributed by atoms with Crippen LogP contribution in [-0.4, -0.2) is 97.5 Å². The Morgan fingerprint density at radius 1 is 0.981 bits per heavy atom. The monoisotopic (exact) mass is 736 g/mol. The molecule has 0 bridgehead atoms. The molecule has 1 aromatic carbocycles. The number of alkyl carbamates (subject to hydrolysis) is 1. The minimum atomic E-state index is -0.903. The van der Waals surface area contributed by atoms with Crippen LogP contribution in [0.4, 0.5) is 9.18 Å². The number of rotatable bonds is 18. The second-order valence-corrected chi connectivity index (χ2v) is 15.8. The van der Waals surface area contributed by atoms with E-state index in [1.54, 1.807) is 32.9 Å². The van der Waals surface area contributed by atoms with Gasteiger partial charge in [-0.25, -0.2) is 9.18 Å². The van der Waals surface area contributed by atoms with Crippen LogP contribution in [0.25, 0.3) is 0 Å². The maximum absolute atomic E-state index is 13.5. The molecule has 1 heterocycles. The Labute approximate surface area is 310 Å². The number of nitrogens with one attached hydrogen (secondary N) is 2. The lowest BCUT2D eigenvalue weighted by Gasteiger charge is -2.48. The molecule has 4 N–H and O–H groups in total. The first kappa shape index (κ1) is 42.4.